The van der Waals surface area contributed by atoms with Crippen LogP contribution in [-0.2, 0) is 15.3 Å². The average Bonchev–Trinajstić information content (AvgIpc) is 2.47. The largest absolute Gasteiger partial charge is 0.493 e. The Kier molecular flexibility index (Phi) is 6.87. The highest BCUT2D eigenvalue weighted by molar-refractivity contribution is 7.98. The maximum absolute atomic E-state index is 10.9. The minimum absolute atomic E-state index is 0.294. The summed E-state index contributed by atoms with van der Waals surface area (Å²) in [6, 6.07) is 2.88. The van der Waals surface area contributed by atoms with Gasteiger partial charge in [0.2, 0.25) is 6.41 Å². The fraction of sp³-hybridized carbons (Fsp3) is 0.429. The van der Waals surface area contributed by atoms with Gasteiger partial charge in [-0.1, -0.05) is 0 Å². The van der Waals surface area contributed by atoms with E-state index in [9.17, 15) is 9.59 Å². The minimum Gasteiger partial charge on any atom is -0.493 e. The van der Waals surface area contributed by atoms with Crippen LogP contribution in [0.3, 0.4) is 0 Å². The van der Waals surface area contributed by atoms with Crippen molar-refractivity contribution in [1.29, 1.82) is 0 Å². The first-order valence-electron chi connectivity index (χ1n) is 6.25. The number of aliphatic carboxylic acids is 1. The molecule has 1 unspecified atom stereocenters. The van der Waals surface area contributed by atoms with Crippen LogP contribution in [-0.4, -0.2) is 43.5 Å². The number of aryl methyl sites for hydroxylation is 1. The van der Waals surface area contributed by atoms with Crippen LogP contribution < -0.4 is 14.8 Å². The molecule has 2 N–H and O–H groups in total. The lowest BCUT2D eigenvalue weighted by atomic mass is 10.1. The molecule has 1 aromatic carbocycles. The van der Waals surface area contributed by atoms with Crippen LogP contribution >= 0.6 is 11.8 Å². The van der Waals surface area contributed by atoms with E-state index in [-0.39, 0.29) is 0 Å². The summed E-state index contributed by atoms with van der Waals surface area (Å²) >= 11 is 1.43. The number of rotatable bonds is 9. The van der Waals surface area contributed by atoms with Gasteiger partial charge in [-0.25, -0.2) is 4.79 Å². The van der Waals surface area contributed by atoms with Gasteiger partial charge in [0.15, 0.2) is 11.5 Å². The lowest BCUT2D eigenvalue weighted by Gasteiger charge is -2.14. The number of thioether (sulfide) groups is 1. The molecule has 6 nitrogen and oxygen atoms in total. The predicted octanol–water partition coefficient (Wildman–Crippen LogP) is 1.44. The number of carbonyl (C=O) groups is 2. The molecule has 1 atom stereocenters. The second-order valence-corrected chi connectivity index (χ2v) is 5.35. The van der Waals surface area contributed by atoms with E-state index in [2.05, 4.69) is 5.32 Å². The maximum Gasteiger partial charge on any atom is 0.327 e. The van der Waals surface area contributed by atoms with E-state index >= 15 is 0 Å². The molecule has 116 valence electrons. The summed E-state index contributed by atoms with van der Waals surface area (Å²) in [5.41, 5.74) is 2.07. The number of ether oxygens (including phenoxy) is 2. The van der Waals surface area contributed by atoms with Crippen molar-refractivity contribution in [1.82, 2.24) is 5.32 Å². The van der Waals surface area contributed by atoms with Gasteiger partial charge < -0.3 is 19.9 Å². The summed E-state index contributed by atoms with van der Waals surface area (Å²) in [6.45, 7) is 1.95. The van der Waals surface area contributed by atoms with Crippen LogP contribution in [0.2, 0.25) is 0 Å². The highest BCUT2D eigenvalue weighted by Gasteiger charge is 2.16. The summed E-state index contributed by atoms with van der Waals surface area (Å²) in [5.74, 6) is 1.17. The summed E-state index contributed by atoms with van der Waals surface area (Å²) in [5, 5.41) is 11.2. The zero-order valence-electron chi connectivity index (χ0n) is 12.2. The Morgan fingerprint density at radius 3 is 2.52 bits per heavy atom. The van der Waals surface area contributed by atoms with Crippen LogP contribution in [0.4, 0.5) is 0 Å². The first-order chi connectivity index (χ1) is 10.0. The molecule has 1 amide bonds. The molecule has 0 spiro atoms. The van der Waals surface area contributed by atoms with Gasteiger partial charge in [-0.2, -0.15) is 11.8 Å². The van der Waals surface area contributed by atoms with E-state index in [1.54, 1.807) is 14.2 Å². The molecular weight excluding hydrogens is 294 g/mol. The van der Waals surface area contributed by atoms with Crippen LogP contribution in [0.15, 0.2) is 12.1 Å². The summed E-state index contributed by atoms with van der Waals surface area (Å²) in [4.78, 5) is 21.3. The number of hydrogen-bond donors (Lipinski definition) is 2. The molecule has 7 heteroatoms. The van der Waals surface area contributed by atoms with Crippen molar-refractivity contribution in [3.05, 3.63) is 23.3 Å². The Bertz CT molecular complexity index is 506. The Morgan fingerprint density at radius 2 is 2.00 bits per heavy atom. The van der Waals surface area contributed by atoms with Crippen LogP contribution in [0, 0.1) is 6.92 Å². The Morgan fingerprint density at radius 1 is 1.38 bits per heavy atom. The van der Waals surface area contributed by atoms with Crippen LogP contribution in [0.1, 0.15) is 11.1 Å². The summed E-state index contributed by atoms with van der Waals surface area (Å²) < 4.78 is 10.5. The van der Waals surface area contributed by atoms with Crippen molar-refractivity contribution >= 4 is 24.1 Å². The molecule has 0 heterocycles. The highest BCUT2D eigenvalue weighted by Crippen LogP contribution is 2.31. The molecule has 0 saturated heterocycles. The van der Waals surface area contributed by atoms with E-state index in [4.69, 9.17) is 14.6 Å². The number of carboxylic acids is 1. The quantitative estimate of drug-likeness (QED) is 0.671. The molecule has 0 aliphatic heterocycles. The molecule has 0 aromatic heterocycles. The number of methoxy groups -OCH3 is 2. The van der Waals surface area contributed by atoms with Gasteiger partial charge in [0.05, 0.1) is 14.2 Å². The highest BCUT2D eigenvalue weighted by atomic mass is 32.2. The number of nitrogens with one attached hydrogen (secondary N) is 1. The number of benzene rings is 1. The summed E-state index contributed by atoms with van der Waals surface area (Å²) in [7, 11) is 3.15. The normalized spacial score (nSPS) is 11.6. The third-order valence-electron chi connectivity index (χ3n) is 2.95. The van der Waals surface area contributed by atoms with Crippen molar-refractivity contribution in [2.45, 2.75) is 18.7 Å². The van der Waals surface area contributed by atoms with Crippen molar-refractivity contribution < 1.29 is 24.2 Å². The smallest absolute Gasteiger partial charge is 0.327 e. The molecule has 0 bridgehead atoms. The standard InChI is InChI=1S/C14H19NO5S/c1-9-4-12(19-2)13(20-3)5-10(9)6-21-7-11(14(17)18)15-8-16/h4-5,8,11H,6-7H2,1-3H3,(H,15,16)(H,17,18). The van der Waals surface area contributed by atoms with E-state index in [0.29, 0.717) is 29.4 Å². The molecule has 21 heavy (non-hydrogen) atoms. The molecular formula is C14H19NO5S. The molecule has 0 aliphatic carbocycles. The Labute approximate surface area is 127 Å². The molecule has 1 aromatic rings. The Hall–Kier alpha value is -1.89. The maximum atomic E-state index is 10.9. The average molecular weight is 313 g/mol. The number of carboxylic acid groups (broad SMARTS) is 1. The van der Waals surface area contributed by atoms with Crippen molar-refractivity contribution in [2.75, 3.05) is 20.0 Å². The second-order valence-electron chi connectivity index (χ2n) is 4.32. The first kappa shape index (κ1) is 17.2. The lowest BCUT2D eigenvalue weighted by Crippen LogP contribution is -2.37. The van der Waals surface area contributed by atoms with E-state index < -0.39 is 12.0 Å². The number of hydrogen-bond acceptors (Lipinski definition) is 5. The number of carbonyl (C=O) groups excluding carboxylic acids is 1. The van der Waals surface area contributed by atoms with E-state index in [1.165, 1.54) is 11.8 Å². The van der Waals surface area contributed by atoms with Gasteiger partial charge in [-0.15, -0.1) is 0 Å². The molecule has 0 saturated carbocycles. The molecule has 1 rings (SSSR count). The zero-order chi connectivity index (χ0) is 15.8. The SMILES string of the molecule is COc1cc(C)c(CSCC(NC=O)C(=O)O)cc1OC. The number of amides is 1. The third kappa shape index (κ3) is 4.86. The van der Waals surface area contributed by atoms with Gasteiger partial charge in [0.25, 0.3) is 0 Å². The van der Waals surface area contributed by atoms with Crippen molar-refractivity contribution in [3.63, 3.8) is 0 Å². The topological polar surface area (TPSA) is 84.9 Å². The van der Waals surface area contributed by atoms with Gasteiger partial charge in [-0.3, -0.25) is 4.79 Å². The third-order valence-corrected chi connectivity index (χ3v) is 4.04. The van der Waals surface area contributed by atoms with Gasteiger partial charge >= 0.3 is 5.97 Å². The predicted molar refractivity (Wildman–Crippen MR) is 81.1 cm³/mol. The van der Waals surface area contributed by atoms with E-state index in [0.717, 1.165) is 11.1 Å². The molecule has 0 fully saturated rings. The van der Waals surface area contributed by atoms with E-state index in [1.807, 2.05) is 19.1 Å². The molecule has 0 aliphatic rings. The van der Waals surface area contributed by atoms with Crippen LogP contribution in [0.5, 0.6) is 11.5 Å². The fourth-order valence-electron chi connectivity index (χ4n) is 1.74. The fourth-order valence-corrected chi connectivity index (χ4v) is 2.86. The van der Waals surface area contributed by atoms with Crippen molar-refractivity contribution in [2.24, 2.45) is 0 Å². The van der Waals surface area contributed by atoms with Gasteiger partial charge in [-0.05, 0) is 30.2 Å². The zero-order valence-corrected chi connectivity index (χ0v) is 13.0. The van der Waals surface area contributed by atoms with Gasteiger partial charge in [0.1, 0.15) is 6.04 Å². The van der Waals surface area contributed by atoms with Crippen molar-refractivity contribution in [3.8, 4) is 11.5 Å². The second kappa shape index (κ2) is 8.41. The lowest BCUT2D eigenvalue weighted by molar-refractivity contribution is -0.139. The van der Waals surface area contributed by atoms with Gasteiger partial charge in [0, 0.05) is 11.5 Å². The first-order valence-corrected chi connectivity index (χ1v) is 7.40. The summed E-state index contributed by atoms with van der Waals surface area (Å²) in [6.07, 6.45) is 0.404. The molecule has 0 radical (unpaired) electrons. The minimum atomic E-state index is -1.04. The monoisotopic (exact) mass is 313 g/mol. The van der Waals surface area contributed by atoms with Crippen LogP contribution in [0.25, 0.3) is 0 Å². The Balaban J connectivity index is 2.70.